The molecule has 2 nitrogen and oxygen atoms in total. The van der Waals surface area contributed by atoms with E-state index < -0.39 is 9.28 Å². The van der Waals surface area contributed by atoms with Crippen molar-refractivity contribution in [2.75, 3.05) is 14.2 Å². The van der Waals surface area contributed by atoms with Gasteiger partial charge in [0.1, 0.15) is 0 Å². The van der Waals surface area contributed by atoms with Crippen LogP contribution >= 0.6 is 0 Å². The number of fused-ring (bicyclic) bond motifs is 2. The third-order valence-electron chi connectivity index (χ3n) is 4.68. The zero-order chi connectivity index (χ0) is 17.2. The molecule has 0 spiro atoms. The maximum atomic E-state index is 5.65. The Morgan fingerprint density at radius 3 is 1.96 bits per heavy atom. The molecule has 0 heterocycles. The fourth-order valence-corrected chi connectivity index (χ4v) is 4.97. The Morgan fingerprint density at radius 1 is 0.600 bits per heavy atom. The van der Waals surface area contributed by atoms with Crippen LogP contribution in [0.4, 0.5) is 0 Å². The highest BCUT2D eigenvalue weighted by Gasteiger charge is 2.19. The number of hydrogen-bond acceptors (Lipinski definition) is 2. The first-order valence-corrected chi connectivity index (χ1v) is 9.90. The van der Waals surface area contributed by atoms with E-state index in [0.29, 0.717) is 0 Å². The molecule has 0 saturated carbocycles. The van der Waals surface area contributed by atoms with Crippen LogP contribution in [0.1, 0.15) is 0 Å². The van der Waals surface area contributed by atoms with E-state index in [0.717, 1.165) is 0 Å². The highest BCUT2D eigenvalue weighted by atomic mass is 28.3. The molecule has 0 bridgehead atoms. The van der Waals surface area contributed by atoms with Crippen LogP contribution in [0.5, 0.6) is 0 Å². The van der Waals surface area contributed by atoms with E-state index in [2.05, 4.69) is 78.9 Å². The summed E-state index contributed by atoms with van der Waals surface area (Å²) in [5.74, 6) is 0. The zero-order valence-electron chi connectivity index (χ0n) is 14.4. The lowest BCUT2D eigenvalue weighted by Crippen LogP contribution is -2.36. The molecule has 0 N–H and O–H groups in total. The molecule has 0 amide bonds. The van der Waals surface area contributed by atoms with Gasteiger partial charge in [-0.05, 0) is 50.0 Å². The molecule has 4 aromatic rings. The van der Waals surface area contributed by atoms with E-state index in [1.54, 1.807) is 14.2 Å². The minimum absolute atomic E-state index is 1.17. The average Bonchev–Trinajstić information content (AvgIpc) is 2.67. The van der Waals surface area contributed by atoms with E-state index >= 15 is 0 Å². The Balaban J connectivity index is 2.00. The standard InChI is InChI=1S/C22H20O2Si/c1-23-25(24-2)22-13-6-5-11-20(22)19-12-7-10-18-14-16-8-3-4-9-17(16)15-21(18)19/h3-15,25H,1-2H3. The molecule has 0 unspecified atom stereocenters. The van der Waals surface area contributed by atoms with Crippen molar-refractivity contribution >= 4 is 36.0 Å². The molecule has 0 aliphatic rings. The molecule has 0 aromatic heterocycles. The molecule has 124 valence electrons. The molecule has 25 heavy (non-hydrogen) atoms. The van der Waals surface area contributed by atoms with Crippen LogP contribution in [0, 0.1) is 0 Å². The summed E-state index contributed by atoms with van der Waals surface area (Å²) in [5.41, 5.74) is 2.43. The van der Waals surface area contributed by atoms with E-state index in [4.69, 9.17) is 8.85 Å². The first-order valence-electron chi connectivity index (χ1n) is 8.38. The third kappa shape index (κ3) is 2.87. The zero-order valence-corrected chi connectivity index (χ0v) is 15.6. The van der Waals surface area contributed by atoms with Crippen molar-refractivity contribution in [3.63, 3.8) is 0 Å². The van der Waals surface area contributed by atoms with Gasteiger partial charge in [0.2, 0.25) is 0 Å². The normalized spacial score (nSPS) is 11.5. The lowest BCUT2D eigenvalue weighted by atomic mass is 9.95. The topological polar surface area (TPSA) is 18.5 Å². The van der Waals surface area contributed by atoms with Gasteiger partial charge in [0, 0.05) is 14.2 Å². The second kappa shape index (κ2) is 6.80. The average molecular weight is 344 g/mol. The van der Waals surface area contributed by atoms with E-state index in [1.807, 2.05) is 0 Å². The van der Waals surface area contributed by atoms with Gasteiger partial charge < -0.3 is 8.85 Å². The fraction of sp³-hybridized carbons (Fsp3) is 0.0909. The van der Waals surface area contributed by atoms with Gasteiger partial charge in [0.15, 0.2) is 0 Å². The summed E-state index contributed by atoms with van der Waals surface area (Å²) in [4.78, 5) is 0. The Bertz CT molecular complexity index is 1040. The molecule has 0 fully saturated rings. The van der Waals surface area contributed by atoms with E-state index in [-0.39, 0.29) is 0 Å². The Hall–Kier alpha value is -2.46. The molecule has 4 aromatic carbocycles. The summed E-state index contributed by atoms with van der Waals surface area (Å²) in [6, 6.07) is 28.0. The second-order valence-electron chi connectivity index (χ2n) is 6.12. The van der Waals surface area contributed by atoms with Crippen molar-refractivity contribution in [3.8, 4) is 11.1 Å². The Morgan fingerprint density at radius 2 is 1.20 bits per heavy atom. The van der Waals surface area contributed by atoms with Gasteiger partial charge in [-0.3, -0.25) is 0 Å². The van der Waals surface area contributed by atoms with Gasteiger partial charge in [-0.1, -0.05) is 66.7 Å². The van der Waals surface area contributed by atoms with Gasteiger partial charge in [-0.2, -0.15) is 0 Å². The van der Waals surface area contributed by atoms with E-state index in [9.17, 15) is 0 Å². The van der Waals surface area contributed by atoms with Gasteiger partial charge in [0.05, 0.1) is 0 Å². The Labute approximate surface area is 149 Å². The first-order chi connectivity index (χ1) is 12.3. The Kier molecular flexibility index (Phi) is 4.36. The maximum Gasteiger partial charge on any atom is 0.355 e. The summed E-state index contributed by atoms with van der Waals surface area (Å²) in [7, 11) is 1.57. The summed E-state index contributed by atoms with van der Waals surface area (Å²) in [6.45, 7) is 0. The summed E-state index contributed by atoms with van der Waals surface area (Å²) >= 11 is 0. The van der Waals surface area contributed by atoms with Crippen LogP contribution in [0.25, 0.3) is 32.7 Å². The minimum Gasteiger partial charge on any atom is -0.397 e. The number of hydrogen-bond donors (Lipinski definition) is 0. The lowest BCUT2D eigenvalue weighted by molar-refractivity contribution is 0.292. The molecule has 4 rings (SSSR count). The van der Waals surface area contributed by atoms with Crippen LogP contribution in [-0.2, 0) is 8.85 Å². The van der Waals surface area contributed by atoms with Crippen molar-refractivity contribution in [1.29, 1.82) is 0 Å². The van der Waals surface area contributed by atoms with Crippen LogP contribution in [0.15, 0.2) is 78.9 Å². The van der Waals surface area contributed by atoms with Crippen molar-refractivity contribution in [3.05, 3.63) is 78.9 Å². The number of rotatable bonds is 4. The molecule has 0 atom stereocenters. The summed E-state index contributed by atoms with van der Waals surface area (Å²) < 4.78 is 11.3. The summed E-state index contributed by atoms with van der Waals surface area (Å²) in [6.07, 6.45) is 0. The predicted octanol–water partition coefficient (Wildman–Crippen LogP) is 4.38. The summed E-state index contributed by atoms with van der Waals surface area (Å²) in [5, 5.41) is 6.20. The molecule has 0 aliphatic carbocycles. The van der Waals surface area contributed by atoms with Gasteiger partial charge >= 0.3 is 9.28 Å². The van der Waals surface area contributed by atoms with Crippen LogP contribution in [0.2, 0.25) is 0 Å². The SMILES string of the molecule is CO[SiH](OC)c1ccccc1-c1cccc2cc3ccccc3cc12. The maximum absolute atomic E-state index is 5.65. The first kappa shape index (κ1) is 16.0. The predicted molar refractivity (Wildman–Crippen MR) is 108 cm³/mol. The molecular weight excluding hydrogens is 324 g/mol. The molecular formula is C22H20O2Si. The van der Waals surface area contributed by atoms with Crippen molar-refractivity contribution in [2.45, 2.75) is 0 Å². The van der Waals surface area contributed by atoms with Crippen molar-refractivity contribution in [1.82, 2.24) is 0 Å². The highest BCUT2D eigenvalue weighted by Crippen LogP contribution is 2.31. The molecule has 0 aliphatic heterocycles. The molecule has 0 radical (unpaired) electrons. The van der Waals surface area contributed by atoms with Gasteiger partial charge in [-0.25, -0.2) is 0 Å². The van der Waals surface area contributed by atoms with Gasteiger partial charge in [-0.15, -0.1) is 0 Å². The minimum atomic E-state index is -1.89. The molecule has 3 heteroatoms. The fourth-order valence-electron chi connectivity index (χ4n) is 3.50. The van der Waals surface area contributed by atoms with Gasteiger partial charge in [0.25, 0.3) is 0 Å². The smallest absolute Gasteiger partial charge is 0.355 e. The largest absolute Gasteiger partial charge is 0.397 e. The third-order valence-corrected chi connectivity index (χ3v) is 6.55. The van der Waals surface area contributed by atoms with Crippen LogP contribution < -0.4 is 5.19 Å². The van der Waals surface area contributed by atoms with Crippen LogP contribution in [0.3, 0.4) is 0 Å². The van der Waals surface area contributed by atoms with Crippen molar-refractivity contribution < 1.29 is 8.85 Å². The monoisotopic (exact) mass is 344 g/mol. The highest BCUT2D eigenvalue weighted by molar-refractivity contribution is 6.63. The van der Waals surface area contributed by atoms with E-state index in [1.165, 1.54) is 37.9 Å². The van der Waals surface area contributed by atoms with Crippen LogP contribution in [-0.4, -0.2) is 23.5 Å². The molecule has 0 saturated heterocycles. The lowest BCUT2D eigenvalue weighted by Gasteiger charge is -2.17. The van der Waals surface area contributed by atoms with Crippen molar-refractivity contribution in [2.24, 2.45) is 0 Å². The quantitative estimate of drug-likeness (QED) is 0.404. The number of benzene rings is 4. The second-order valence-corrected chi connectivity index (χ2v) is 8.35.